The fourth-order valence-corrected chi connectivity index (χ4v) is 2.15. The number of hydrogen-bond donors (Lipinski definition) is 0. The summed E-state index contributed by atoms with van der Waals surface area (Å²) in [5, 5.41) is 0. The molecule has 0 radical (unpaired) electrons. The molecule has 2 aromatic rings. The maximum absolute atomic E-state index is 13.0. The van der Waals surface area contributed by atoms with E-state index in [0.29, 0.717) is 0 Å². The van der Waals surface area contributed by atoms with Gasteiger partial charge in [0.1, 0.15) is 5.82 Å². The van der Waals surface area contributed by atoms with E-state index in [1.807, 2.05) is 36.5 Å². The number of rotatable bonds is 5. The standard InChI is InChI=1S/C16H19FN2/c1-19(2)12-10-15(16-5-3-4-11-18-16)13-6-8-14(17)9-7-13/h3-9,11,15H,10,12H2,1-2H3. The van der Waals surface area contributed by atoms with Crippen molar-refractivity contribution in [2.24, 2.45) is 0 Å². The average Bonchev–Trinajstić information content (AvgIpc) is 2.42. The van der Waals surface area contributed by atoms with E-state index in [0.717, 1.165) is 24.2 Å². The van der Waals surface area contributed by atoms with Crippen LogP contribution in [0.5, 0.6) is 0 Å². The molecule has 3 heteroatoms. The van der Waals surface area contributed by atoms with E-state index in [9.17, 15) is 4.39 Å². The van der Waals surface area contributed by atoms with E-state index in [-0.39, 0.29) is 11.7 Å². The number of aromatic nitrogens is 1. The van der Waals surface area contributed by atoms with Crippen LogP contribution < -0.4 is 0 Å². The second-order valence-corrected chi connectivity index (χ2v) is 4.95. The zero-order valence-corrected chi connectivity index (χ0v) is 11.4. The van der Waals surface area contributed by atoms with Crippen molar-refractivity contribution >= 4 is 0 Å². The van der Waals surface area contributed by atoms with Crippen molar-refractivity contribution in [3.63, 3.8) is 0 Å². The third kappa shape index (κ3) is 3.86. The van der Waals surface area contributed by atoms with Crippen molar-refractivity contribution in [3.05, 3.63) is 65.7 Å². The first-order chi connectivity index (χ1) is 9.16. The van der Waals surface area contributed by atoms with E-state index in [1.54, 1.807) is 0 Å². The molecular formula is C16H19FN2. The summed E-state index contributed by atoms with van der Waals surface area (Å²) in [6, 6.07) is 12.7. The zero-order chi connectivity index (χ0) is 13.7. The molecule has 0 aliphatic heterocycles. The lowest BCUT2D eigenvalue weighted by Gasteiger charge is -2.19. The number of pyridine rings is 1. The predicted octanol–water partition coefficient (Wildman–Crippen LogP) is 3.30. The Hall–Kier alpha value is -1.74. The van der Waals surface area contributed by atoms with Gasteiger partial charge < -0.3 is 4.90 Å². The molecule has 1 unspecified atom stereocenters. The molecular weight excluding hydrogens is 239 g/mol. The van der Waals surface area contributed by atoms with Gasteiger partial charge in [-0.15, -0.1) is 0 Å². The Kier molecular flexibility index (Phi) is 4.63. The summed E-state index contributed by atoms with van der Waals surface area (Å²) in [5.74, 6) is 0.0142. The van der Waals surface area contributed by atoms with Crippen molar-refractivity contribution in [1.29, 1.82) is 0 Å². The fourth-order valence-electron chi connectivity index (χ4n) is 2.15. The molecule has 0 bridgehead atoms. The first-order valence-corrected chi connectivity index (χ1v) is 6.48. The molecule has 0 aliphatic rings. The molecule has 0 saturated heterocycles. The minimum Gasteiger partial charge on any atom is -0.309 e. The lowest BCUT2D eigenvalue weighted by Crippen LogP contribution is -2.17. The highest BCUT2D eigenvalue weighted by Gasteiger charge is 2.15. The van der Waals surface area contributed by atoms with Crippen molar-refractivity contribution in [3.8, 4) is 0 Å². The topological polar surface area (TPSA) is 16.1 Å². The number of hydrogen-bond acceptors (Lipinski definition) is 2. The van der Waals surface area contributed by atoms with E-state index >= 15 is 0 Å². The van der Waals surface area contributed by atoms with Crippen LogP contribution in [0.15, 0.2) is 48.7 Å². The summed E-state index contributed by atoms with van der Waals surface area (Å²) < 4.78 is 13.0. The molecule has 1 atom stereocenters. The number of halogens is 1. The smallest absolute Gasteiger partial charge is 0.123 e. The lowest BCUT2D eigenvalue weighted by molar-refractivity contribution is 0.389. The first-order valence-electron chi connectivity index (χ1n) is 6.48. The second-order valence-electron chi connectivity index (χ2n) is 4.95. The van der Waals surface area contributed by atoms with Gasteiger partial charge in [0.05, 0.1) is 0 Å². The molecule has 19 heavy (non-hydrogen) atoms. The van der Waals surface area contributed by atoms with Crippen molar-refractivity contribution in [2.75, 3.05) is 20.6 Å². The Balaban J connectivity index is 2.26. The first kappa shape index (κ1) is 13.7. The Morgan fingerprint density at radius 3 is 2.42 bits per heavy atom. The van der Waals surface area contributed by atoms with Gasteiger partial charge in [0, 0.05) is 17.8 Å². The van der Waals surface area contributed by atoms with Crippen LogP contribution in [0.4, 0.5) is 4.39 Å². The van der Waals surface area contributed by atoms with Gasteiger partial charge in [-0.25, -0.2) is 4.39 Å². The second kappa shape index (κ2) is 6.43. The van der Waals surface area contributed by atoms with Gasteiger partial charge in [-0.3, -0.25) is 4.98 Å². The minimum atomic E-state index is -0.198. The normalized spacial score (nSPS) is 12.6. The van der Waals surface area contributed by atoms with Crippen LogP contribution >= 0.6 is 0 Å². The fraction of sp³-hybridized carbons (Fsp3) is 0.312. The van der Waals surface area contributed by atoms with Gasteiger partial charge in [-0.05, 0) is 56.9 Å². The summed E-state index contributed by atoms with van der Waals surface area (Å²) in [5.41, 5.74) is 2.15. The summed E-state index contributed by atoms with van der Waals surface area (Å²) in [6.07, 6.45) is 2.77. The molecule has 0 saturated carbocycles. The number of nitrogens with zero attached hydrogens (tertiary/aromatic N) is 2. The lowest BCUT2D eigenvalue weighted by atomic mass is 9.92. The number of benzene rings is 1. The summed E-state index contributed by atoms with van der Waals surface area (Å²) in [4.78, 5) is 6.60. The maximum Gasteiger partial charge on any atom is 0.123 e. The van der Waals surface area contributed by atoms with Crippen LogP contribution in [0, 0.1) is 5.82 Å². The molecule has 1 heterocycles. The van der Waals surface area contributed by atoms with E-state index in [2.05, 4.69) is 24.0 Å². The predicted molar refractivity (Wildman–Crippen MR) is 75.7 cm³/mol. The van der Waals surface area contributed by atoms with Gasteiger partial charge in [0.2, 0.25) is 0 Å². The summed E-state index contributed by atoms with van der Waals surface area (Å²) >= 11 is 0. The SMILES string of the molecule is CN(C)CCC(c1ccc(F)cc1)c1ccccn1. The Morgan fingerprint density at radius 2 is 1.84 bits per heavy atom. The van der Waals surface area contributed by atoms with E-state index in [4.69, 9.17) is 0 Å². The summed E-state index contributed by atoms with van der Waals surface area (Å²) in [7, 11) is 4.11. The minimum absolute atomic E-state index is 0.198. The van der Waals surface area contributed by atoms with Crippen LogP contribution in [0.25, 0.3) is 0 Å². The zero-order valence-electron chi connectivity index (χ0n) is 11.4. The molecule has 0 spiro atoms. The van der Waals surface area contributed by atoms with Crippen molar-refractivity contribution in [1.82, 2.24) is 9.88 Å². The molecule has 0 fully saturated rings. The van der Waals surface area contributed by atoms with Crippen LogP contribution in [-0.4, -0.2) is 30.5 Å². The molecule has 2 nitrogen and oxygen atoms in total. The van der Waals surface area contributed by atoms with Gasteiger partial charge in [-0.2, -0.15) is 0 Å². The average molecular weight is 258 g/mol. The van der Waals surface area contributed by atoms with Crippen molar-refractivity contribution < 1.29 is 4.39 Å². The molecule has 1 aromatic carbocycles. The third-order valence-corrected chi connectivity index (χ3v) is 3.18. The Morgan fingerprint density at radius 1 is 1.11 bits per heavy atom. The highest BCUT2D eigenvalue weighted by atomic mass is 19.1. The Labute approximate surface area is 113 Å². The highest BCUT2D eigenvalue weighted by Crippen LogP contribution is 2.26. The van der Waals surface area contributed by atoms with Gasteiger partial charge in [0.25, 0.3) is 0 Å². The monoisotopic (exact) mass is 258 g/mol. The maximum atomic E-state index is 13.0. The van der Waals surface area contributed by atoms with Crippen LogP contribution in [0.3, 0.4) is 0 Å². The molecule has 100 valence electrons. The van der Waals surface area contributed by atoms with Gasteiger partial charge >= 0.3 is 0 Å². The van der Waals surface area contributed by atoms with Crippen LogP contribution in [-0.2, 0) is 0 Å². The molecule has 0 amide bonds. The van der Waals surface area contributed by atoms with Crippen molar-refractivity contribution in [2.45, 2.75) is 12.3 Å². The highest BCUT2D eigenvalue weighted by molar-refractivity contribution is 5.28. The van der Waals surface area contributed by atoms with Gasteiger partial charge in [0.15, 0.2) is 0 Å². The molecule has 0 aliphatic carbocycles. The molecule has 0 N–H and O–H groups in total. The van der Waals surface area contributed by atoms with Crippen LogP contribution in [0.2, 0.25) is 0 Å². The molecule has 1 aromatic heterocycles. The van der Waals surface area contributed by atoms with Crippen LogP contribution in [0.1, 0.15) is 23.6 Å². The molecule has 2 rings (SSSR count). The largest absolute Gasteiger partial charge is 0.309 e. The third-order valence-electron chi connectivity index (χ3n) is 3.18. The Bertz CT molecular complexity index is 494. The summed E-state index contributed by atoms with van der Waals surface area (Å²) in [6.45, 7) is 0.971. The van der Waals surface area contributed by atoms with Gasteiger partial charge in [-0.1, -0.05) is 18.2 Å². The van der Waals surface area contributed by atoms with E-state index in [1.165, 1.54) is 12.1 Å². The quantitative estimate of drug-likeness (QED) is 0.818. The van der Waals surface area contributed by atoms with E-state index < -0.39 is 0 Å².